The van der Waals surface area contributed by atoms with Crippen LogP contribution in [0.15, 0.2) is 36.5 Å². The van der Waals surface area contributed by atoms with Crippen LogP contribution in [0, 0.1) is 5.82 Å². The molecule has 1 heterocycles. The van der Waals surface area contributed by atoms with Crippen LogP contribution in [0.25, 0.3) is 0 Å². The highest BCUT2D eigenvalue weighted by molar-refractivity contribution is 7.92. The van der Waals surface area contributed by atoms with Gasteiger partial charge in [-0.15, -0.1) is 0 Å². The van der Waals surface area contributed by atoms with E-state index in [1.54, 1.807) is 12.1 Å². The summed E-state index contributed by atoms with van der Waals surface area (Å²) in [7, 11) is -3.59. The molecule has 1 saturated carbocycles. The number of sulfonamides is 1. The molecule has 2 N–H and O–H groups in total. The quantitative estimate of drug-likeness (QED) is 0.880. The second-order valence-corrected chi connectivity index (χ2v) is 7.30. The van der Waals surface area contributed by atoms with Crippen molar-refractivity contribution in [3.8, 4) is 0 Å². The molecule has 0 bridgehead atoms. The molecule has 3 rings (SSSR count). The number of carbonyl (C=O) groups is 1. The van der Waals surface area contributed by atoms with Crippen LogP contribution in [0.1, 0.15) is 29.4 Å². The van der Waals surface area contributed by atoms with E-state index in [4.69, 9.17) is 0 Å². The Kier molecular flexibility index (Phi) is 3.85. The zero-order valence-corrected chi connectivity index (χ0v) is 13.2. The van der Waals surface area contributed by atoms with Crippen molar-refractivity contribution in [2.75, 3.05) is 16.3 Å². The molecule has 1 amide bonds. The molecule has 6 nitrogen and oxygen atoms in total. The van der Waals surface area contributed by atoms with Crippen molar-refractivity contribution in [2.45, 2.75) is 18.9 Å². The Morgan fingerprint density at radius 2 is 2.00 bits per heavy atom. The molecule has 0 atom stereocenters. The Balaban J connectivity index is 1.87. The molecule has 1 aliphatic rings. The van der Waals surface area contributed by atoms with Crippen LogP contribution in [-0.2, 0) is 10.0 Å². The van der Waals surface area contributed by atoms with Crippen molar-refractivity contribution in [3.05, 3.63) is 48.0 Å². The van der Waals surface area contributed by atoms with Gasteiger partial charge in [-0.25, -0.2) is 12.8 Å². The molecule has 0 saturated heterocycles. The van der Waals surface area contributed by atoms with Gasteiger partial charge >= 0.3 is 0 Å². The van der Waals surface area contributed by atoms with Crippen molar-refractivity contribution < 1.29 is 17.6 Å². The van der Waals surface area contributed by atoms with Crippen LogP contribution in [0.2, 0.25) is 0 Å². The minimum absolute atomic E-state index is 0.00891. The summed E-state index contributed by atoms with van der Waals surface area (Å²) in [5.74, 6) is -0.972. The largest absolute Gasteiger partial charge is 0.340 e. The van der Waals surface area contributed by atoms with E-state index in [2.05, 4.69) is 10.0 Å². The molecule has 23 heavy (non-hydrogen) atoms. The van der Waals surface area contributed by atoms with Crippen LogP contribution < -0.4 is 10.0 Å². The number of amides is 1. The molecule has 122 valence electrons. The van der Waals surface area contributed by atoms with Gasteiger partial charge in [-0.2, -0.15) is 0 Å². The third-order valence-electron chi connectivity index (χ3n) is 3.48. The number of anilines is 2. The molecule has 1 aromatic carbocycles. The van der Waals surface area contributed by atoms with Crippen LogP contribution in [0.5, 0.6) is 0 Å². The summed E-state index contributed by atoms with van der Waals surface area (Å²) < 4.78 is 40.2. The molecule has 0 spiro atoms. The van der Waals surface area contributed by atoms with Crippen LogP contribution >= 0.6 is 0 Å². The van der Waals surface area contributed by atoms with Gasteiger partial charge in [-0.3, -0.25) is 9.52 Å². The third kappa shape index (κ3) is 3.70. The molecule has 1 fully saturated rings. The highest BCUT2D eigenvalue weighted by atomic mass is 32.2. The van der Waals surface area contributed by atoms with E-state index in [1.807, 2.05) is 10.8 Å². The van der Waals surface area contributed by atoms with E-state index in [0.29, 0.717) is 11.7 Å². The fraction of sp³-hybridized carbons (Fsp3) is 0.267. The first-order chi connectivity index (χ1) is 10.8. The van der Waals surface area contributed by atoms with Gasteiger partial charge in [0, 0.05) is 18.3 Å². The number of hydrogen-bond acceptors (Lipinski definition) is 3. The van der Waals surface area contributed by atoms with Crippen molar-refractivity contribution in [1.29, 1.82) is 0 Å². The molecule has 1 aromatic heterocycles. The van der Waals surface area contributed by atoms with E-state index >= 15 is 0 Å². The van der Waals surface area contributed by atoms with Crippen molar-refractivity contribution in [2.24, 2.45) is 0 Å². The normalized spacial score (nSPS) is 14.5. The SMILES string of the molecule is CS(=O)(=O)Nc1cc(F)ccc1NC(=O)c1cccn1C1CC1. The lowest BCUT2D eigenvalue weighted by molar-refractivity contribution is 0.101. The summed E-state index contributed by atoms with van der Waals surface area (Å²) in [5, 5.41) is 2.63. The Bertz CT molecular complexity index is 857. The first-order valence-corrected chi connectivity index (χ1v) is 8.98. The second kappa shape index (κ2) is 5.69. The standard InChI is InChI=1S/C15H16FN3O3S/c1-23(21,22)18-13-9-10(16)4-7-12(13)17-15(20)14-3-2-8-19(14)11-5-6-11/h2-4,7-9,11,18H,5-6H2,1H3,(H,17,20). The molecular formula is C15H16FN3O3S. The maximum Gasteiger partial charge on any atom is 0.272 e. The molecule has 2 aromatic rings. The van der Waals surface area contributed by atoms with Gasteiger partial charge < -0.3 is 9.88 Å². The number of carbonyl (C=O) groups excluding carboxylic acids is 1. The Morgan fingerprint density at radius 3 is 2.65 bits per heavy atom. The van der Waals surface area contributed by atoms with Gasteiger partial charge in [0.25, 0.3) is 5.91 Å². The summed E-state index contributed by atoms with van der Waals surface area (Å²) in [5.41, 5.74) is 0.679. The van der Waals surface area contributed by atoms with Crippen LogP contribution in [-0.4, -0.2) is 25.1 Å². The third-order valence-corrected chi connectivity index (χ3v) is 4.07. The fourth-order valence-electron chi connectivity index (χ4n) is 2.35. The van der Waals surface area contributed by atoms with E-state index in [-0.39, 0.29) is 17.3 Å². The number of nitrogens with one attached hydrogen (secondary N) is 2. The Morgan fingerprint density at radius 1 is 1.26 bits per heavy atom. The van der Waals surface area contributed by atoms with Gasteiger partial charge in [0.15, 0.2) is 0 Å². The molecule has 0 radical (unpaired) electrons. The first kappa shape index (κ1) is 15.5. The van der Waals surface area contributed by atoms with Gasteiger partial charge in [0.05, 0.1) is 17.6 Å². The number of nitrogens with zero attached hydrogens (tertiary/aromatic N) is 1. The summed E-state index contributed by atoms with van der Waals surface area (Å²) >= 11 is 0. The van der Waals surface area contributed by atoms with Gasteiger partial charge in [-0.05, 0) is 37.1 Å². The number of aromatic nitrogens is 1. The summed E-state index contributed by atoms with van der Waals surface area (Å²) in [6, 6.07) is 7.33. The van der Waals surface area contributed by atoms with E-state index < -0.39 is 15.8 Å². The number of benzene rings is 1. The number of hydrogen-bond donors (Lipinski definition) is 2. The predicted octanol–water partition coefficient (Wildman–Crippen LogP) is 2.59. The molecule has 0 aliphatic heterocycles. The number of rotatable bonds is 5. The average Bonchev–Trinajstić information content (AvgIpc) is 3.17. The molecule has 0 unspecified atom stereocenters. The lowest BCUT2D eigenvalue weighted by Gasteiger charge is -2.13. The lowest BCUT2D eigenvalue weighted by atomic mass is 10.2. The highest BCUT2D eigenvalue weighted by Crippen LogP contribution is 2.36. The molecule has 8 heteroatoms. The zero-order valence-electron chi connectivity index (χ0n) is 12.4. The zero-order chi connectivity index (χ0) is 16.6. The lowest BCUT2D eigenvalue weighted by Crippen LogP contribution is -2.18. The molecular weight excluding hydrogens is 321 g/mol. The van der Waals surface area contributed by atoms with Crippen molar-refractivity contribution in [3.63, 3.8) is 0 Å². The Labute approximate surface area is 133 Å². The summed E-state index contributed by atoms with van der Waals surface area (Å²) in [6.45, 7) is 0. The molecule has 1 aliphatic carbocycles. The minimum atomic E-state index is -3.59. The topological polar surface area (TPSA) is 80.2 Å². The van der Waals surface area contributed by atoms with Crippen LogP contribution in [0.3, 0.4) is 0 Å². The summed E-state index contributed by atoms with van der Waals surface area (Å²) in [4.78, 5) is 12.4. The first-order valence-electron chi connectivity index (χ1n) is 7.09. The fourth-order valence-corrected chi connectivity index (χ4v) is 2.92. The van der Waals surface area contributed by atoms with Crippen molar-refractivity contribution >= 4 is 27.3 Å². The van der Waals surface area contributed by atoms with E-state index in [0.717, 1.165) is 31.2 Å². The predicted molar refractivity (Wildman–Crippen MR) is 85.5 cm³/mol. The Hall–Kier alpha value is -2.35. The monoisotopic (exact) mass is 337 g/mol. The van der Waals surface area contributed by atoms with Gasteiger partial charge in [0.2, 0.25) is 10.0 Å². The maximum atomic E-state index is 13.4. The second-order valence-electron chi connectivity index (χ2n) is 5.55. The van der Waals surface area contributed by atoms with Gasteiger partial charge in [0.1, 0.15) is 11.5 Å². The maximum absolute atomic E-state index is 13.4. The van der Waals surface area contributed by atoms with E-state index in [9.17, 15) is 17.6 Å². The smallest absolute Gasteiger partial charge is 0.272 e. The van der Waals surface area contributed by atoms with E-state index in [1.165, 1.54) is 6.07 Å². The summed E-state index contributed by atoms with van der Waals surface area (Å²) in [6.07, 6.45) is 4.87. The average molecular weight is 337 g/mol. The van der Waals surface area contributed by atoms with Crippen molar-refractivity contribution in [1.82, 2.24) is 4.57 Å². The number of halogens is 1. The highest BCUT2D eigenvalue weighted by Gasteiger charge is 2.27. The van der Waals surface area contributed by atoms with Crippen LogP contribution in [0.4, 0.5) is 15.8 Å². The van der Waals surface area contributed by atoms with Gasteiger partial charge in [-0.1, -0.05) is 0 Å². The minimum Gasteiger partial charge on any atom is -0.340 e.